The summed E-state index contributed by atoms with van der Waals surface area (Å²) >= 11 is 11.5. The second kappa shape index (κ2) is 9.88. The molecule has 166 valence electrons. The summed E-state index contributed by atoms with van der Waals surface area (Å²) in [6.45, 7) is 1.37. The molecular weight excluding hydrogens is 470 g/mol. The molecule has 0 bridgehead atoms. The van der Waals surface area contributed by atoms with Gasteiger partial charge < -0.3 is 10.1 Å². The summed E-state index contributed by atoms with van der Waals surface area (Å²) in [5, 5.41) is 8.54. The number of morpholine rings is 1. The summed E-state index contributed by atoms with van der Waals surface area (Å²) in [5.41, 5.74) is 4.85. The highest BCUT2D eigenvalue weighted by Gasteiger charge is 2.26. The Balaban J connectivity index is 1.43. The molecule has 0 spiro atoms. The van der Waals surface area contributed by atoms with E-state index in [1.54, 1.807) is 12.4 Å². The van der Waals surface area contributed by atoms with Crippen molar-refractivity contribution in [3.63, 3.8) is 0 Å². The molecule has 1 aromatic heterocycles. The minimum atomic E-state index is -3.65. The van der Waals surface area contributed by atoms with Crippen molar-refractivity contribution in [3.8, 4) is 0 Å². The normalized spacial score (nSPS) is 15.2. The Labute approximate surface area is 196 Å². The molecular formula is C21H20ClN5O3S2. The maximum atomic E-state index is 12.9. The van der Waals surface area contributed by atoms with Gasteiger partial charge in [-0.2, -0.15) is 9.41 Å². The first-order valence-corrected chi connectivity index (χ1v) is 12.0. The van der Waals surface area contributed by atoms with Gasteiger partial charge in [-0.3, -0.25) is 10.4 Å². The number of sulfonamides is 1. The van der Waals surface area contributed by atoms with Gasteiger partial charge >= 0.3 is 0 Å². The molecule has 0 unspecified atom stereocenters. The van der Waals surface area contributed by atoms with E-state index in [1.807, 2.05) is 30.3 Å². The van der Waals surface area contributed by atoms with Gasteiger partial charge in [-0.25, -0.2) is 8.42 Å². The molecule has 0 radical (unpaired) electrons. The first-order chi connectivity index (χ1) is 15.4. The third kappa shape index (κ3) is 5.22. The van der Waals surface area contributed by atoms with Crippen LogP contribution in [-0.4, -0.2) is 55.3 Å². The van der Waals surface area contributed by atoms with Gasteiger partial charge in [-0.1, -0.05) is 23.7 Å². The van der Waals surface area contributed by atoms with Crippen LogP contribution >= 0.6 is 23.8 Å². The minimum absolute atomic E-state index is 0.127. The molecule has 1 aliphatic heterocycles. The Hall–Kier alpha value is -2.63. The Bertz CT molecular complexity index is 1280. The van der Waals surface area contributed by atoms with E-state index in [2.05, 4.69) is 20.8 Å². The number of benzene rings is 2. The molecule has 0 amide bonds. The molecule has 4 rings (SSSR count). The Morgan fingerprint density at radius 1 is 1.19 bits per heavy atom. The lowest BCUT2D eigenvalue weighted by Gasteiger charge is -2.26. The Kier molecular flexibility index (Phi) is 6.97. The molecule has 0 saturated carbocycles. The highest BCUT2D eigenvalue weighted by atomic mass is 35.5. The minimum Gasteiger partial charge on any atom is -0.379 e. The zero-order chi connectivity index (χ0) is 22.6. The van der Waals surface area contributed by atoms with Crippen LogP contribution in [0.1, 0.15) is 5.56 Å². The van der Waals surface area contributed by atoms with Crippen LogP contribution in [-0.2, 0) is 14.8 Å². The van der Waals surface area contributed by atoms with E-state index in [4.69, 9.17) is 28.6 Å². The SMILES string of the molecule is O=S(=O)(c1ccc(Cl)c(NC(=S)N/N=C\c2ccc3ncccc3c2)c1)N1CCOCC1. The van der Waals surface area contributed by atoms with E-state index in [-0.39, 0.29) is 10.0 Å². The highest BCUT2D eigenvalue weighted by Crippen LogP contribution is 2.27. The first kappa shape index (κ1) is 22.6. The second-order valence-corrected chi connectivity index (χ2v) is 9.69. The maximum absolute atomic E-state index is 12.9. The van der Waals surface area contributed by atoms with Gasteiger partial charge in [0.05, 0.1) is 40.6 Å². The smallest absolute Gasteiger partial charge is 0.243 e. The van der Waals surface area contributed by atoms with Gasteiger partial charge in [-0.05, 0) is 54.2 Å². The summed E-state index contributed by atoms with van der Waals surface area (Å²) < 4.78 is 32.4. The highest BCUT2D eigenvalue weighted by molar-refractivity contribution is 7.89. The molecule has 0 aliphatic carbocycles. The molecule has 1 saturated heterocycles. The quantitative estimate of drug-likeness (QED) is 0.322. The second-order valence-electron chi connectivity index (χ2n) is 6.94. The van der Waals surface area contributed by atoms with Crippen molar-refractivity contribution in [1.82, 2.24) is 14.7 Å². The first-order valence-electron chi connectivity index (χ1n) is 9.76. The lowest BCUT2D eigenvalue weighted by Crippen LogP contribution is -2.40. The molecule has 1 fully saturated rings. The summed E-state index contributed by atoms with van der Waals surface area (Å²) in [6, 6.07) is 14.1. The van der Waals surface area contributed by atoms with Gasteiger partial charge in [0.15, 0.2) is 5.11 Å². The number of fused-ring (bicyclic) bond motifs is 1. The average molecular weight is 490 g/mol. The summed E-state index contributed by atoms with van der Waals surface area (Å²) in [6.07, 6.45) is 3.37. The fourth-order valence-corrected chi connectivity index (χ4v) is 4.95. The molecule has 11 heteroatoms. The van der Waals surface area contributed by atoms with E-state index in [0.29, 0.717) is 37.0 Å². The molecule has 2 heterocycles. The van der Waals surface area contributed by atoms with E-state index in [9.17, 15) is 8.42 Å². The number of pyridine rings is 1. The number of aromatic nitrogens is 1. The lowest BCUT2D eigenvalue weighted by atomic mass is 10.1. The summed E-state index contributed by atoms with van der Waals surface area (Å²) in [7, 11) is -3.65. The monoisotopic (exact) mass is 489 g/mol. The number of hydrogen-bond donors (Lipinski definition) is 2. The van der Waals surface area contributed by atoms with Gasteiger partial charge in [0.25, 0.3) is 0 Å². The van der Waals surface area contributed by atoms with Gasteiger partial charge in [0, 0.05) is 24.7 Å². The van der Waals surface area contributed by atoms with Crippen molar-refractivity contribution in [2.45, 2.75) is 4.90 Å². The third-order valence-electron chi connectivity index (χ3n) is 4.80. The number of thiocarbonyl (C=S) groups is 1. The average Bonchev–Trinajstić information content (AvgIpc) is 2.81. The van der Waals surface area contributed by atoms with Crippen LogP contribution in [0.3, 0.4) is 0 Å². The van der Waals surface area contributed by atoms with E-state index < -0.39 is 10.0 Å². The molecule has 0 atom stereocenters. The van der Waals surface area contributed by atoms with Crippen molar-refractivity contribution in [2.75, 3.05) is 31.6 Å². The van der Waals surface area contributed by atoms with Crippen molar-refractivity contribution in [3.05, 3.63) is 65.3 Å². The fraction of sp³-hybridized carbons (Fsp3) is 0.190. The van der Waals surface area contributed by atoms with Crippen LogP contribution in [0.4, 0.5) is 5.69 Å². The third-order valence-corrected chi connectivity index (χ3v) is 7.22. The molecule has 8 nitrogen and oxygen atoms in total. The molecule has 2 aromatic carbocycles. The number of hydrazone groups is 1. The molecule has 1 aliphatic rings. The summed E-state index contributed by atoms with van der Waals surface area (Å²) in [4.78, 5) is 4.41. The number of rotatable bonds is 5. The van der Waals surface area contributed by atoms with Crippen LogP contribution in [0.5, 0.6) is 0 Å². The molecule has 3 aromatic rings. The van der Waals surface area contributed by atoms with E-state index in [0.717, 1.165) is 16.5 Å². The van der Waals surface area contributed by atoms with E-state index in [1.165, 1.54) is 22.5 Å². The number of ether oxygens (including phenoxy) is 1. The fourth-order valence-electron chi connectivity index (χ4n) is 3.19. The number of hydrogen-bond acceptors (Lipinski definition) is 6. The van der Waals surface area contributed by atoms with Crippen LogP contribution in [0.15, 0.2) is 64.7 Å². The number of halogens is 1. The van der Waals surface area contributed by atoms with Crippen molar-refractivity contribution in [2.24, 2.45) is 5.10 Å². The number of nitrogens with zero attached hydrogens (tertiary/aromatic N) is 3. The largest absolute Gasteiger partial charge is 0.379 e. The topological polar surface area (TPSA) is 95.9 Å². The Morgan fingerprint density at radius 3 is 2.81 bits per heavy atom. The van der Waals surface area contributed by atoms with Gasteiger partial charge in [0.1, 0.15) is 0 Å². The number of nitrogens with one attached hydrogen (secondary N) is 2. The van der Waals surface area contributed by atoms with Crippen LogP contribution in [0, 0.1) is 0 Å². The van der Waals surface area contributed by atoms with Crippen molar-refractivity contribution >= 4 is 61.8 Å². The van der Waals surface area contributed by atoms with Crippen LogP contribution in [0.25, 0.3) is 10.9 Å². The zero-order valence-corrected chi connectivity index (χ0v) is 19.3. The molecule has 32 heavy (non-hydrogen) atoms. The lowest BCUT2D eigenvalue weighted by molar-refractivity contribution is 0.0730. The Morgan fingerprint density at radius 2 is 2.00 bits per heavy atom. The number of anilines is 1. The van der Waals surface area contributed by atoms with Gasteiger partial charge in [0.2, 0.25) is 10.0 Å². The van der Waals surface area contributed by atoms with Crippen LogP contribution in [0.2, 0.25) is 5.02 Å². The van der Waals surface area contributed by atoms with Gasteiger partial charge in [-0.15, -0.1) is 0 Å². The van der Waals surface area contributed by atoms with Crippen LogP contribution < -0.4 is 10.7 Å². The van der Waals surface area contributed by atoms with Crippen molar-refractivity contribution < 1.29 is 13.2 Å². The van der Waals surface area contributed by atoms with Crippen molar-refractivity contribution in [1.29, 1.82) is 0 Å². The predicted molar refractivity (Wildman–Crippen MR) is 130 cm³/mol. The maximum Gasteiger partial charge on any atom is 0.243 e. The predicted octanol–water partition coefficient (Wildman–Crippen LogP) is 3.23. The standard InChI is InChI=1S/C21H20ClN5O3S2/c22-18-5-4-17(32(28,29)27-8-10-30-11-9-27)13-20(18)25-21(31)26-24-14-15-3-6-19-16(12-15)2-1-7-23-19/h1-7,12-14H,8-11H2,(H2,25,26,31)/b24-14-. The zero-order valence-electron chi connectivity index (χ0n) is 16.9. The summed E-state index contributed by atoms with van der Waals surface area (Å²) in [5.74, 6) is 0. The molecule has 2 N–H and O–H groups in total. The van der Waals surface area contributed by atoms with E-state index >= 15 is 0 Å².